The maximum Gasteiger partial charge on any atom is 0.255 e. The van der Waals surface area contributed by atoms with E-state index in [-0.39, 0.29) is 17.2 Å². The van der Waals surface area contributed by atoms with Gasteiger partial charge in [-0.3, -0.25) is 9.59 Å². The Hall–Kier alpha value is -3.40. The zero-order valence-corrected chi connectivity index (χ0v) is 18.8. The maximum absolute atomic E-state index is 12.6. The Labute approximate surface area is 184 Å². The Kier molecular flexibility index (Phi) is 6.59. The molecule has 3 aromatic rings. The molecule has 3 aromatic carbocycles. The number of anilines is 2. The highest BCUT2D eigenvalue weighted by Gasteiger charge is 2.14. The number of amides is 2. The number of hydrogen-bond donors (Lipinski definition) is 2. The molecule has 0 aliphatic rings. The molecule has 0 bridgehead atoms. The van der Waals surface area contributed by atoms with Crippen molar-refractivity contribution in [2.75, 3.05) is 10.6 Å². The molecule has 4 heteroatoms. The van der Waals surface area contributed by atoms with Crippen molar-refractivity contribution in [2.45, 2.75) is 46.0 Å². The van der Waals surface area contributed by atoms with Gasteiger partial charge in [-0.25, -0.2) is 0 Å². The van der Waals surface area contributed by atoms with E-state index in [2.05, 4.69) is 45.3 Å². The van der Waals surface area contributed by atoms with Crippen molar-refractivity contribution >= 4 is 23.2 Å². The third kappa shape index (κ3) is 5.82. The Morgan fingerprint density at radius 2 is 1.16 bits per heavy atom. The minimum absolute atomic E-state index is 0.0383. The van der Waals surface area contributed by atoms with Gasteiger partial charge in [0.1, 0.15) is 0 Å². The monoisotopic (exact) mass is 414 g/mol. The van der Waals surface area contributed by atoms with Crippen LogP contribution in [0.2, 0.25) is 0 Å². The van der Waals surface area contributed by atoms with Gasteiger partial charge in [-0.1, -0.05) is 65.0 Å². The highest BCUT2D eigenvalue weighted by atomic mass is 16.2. The molecule has 0 aromatic heterocycles. The summed E-state index contributed by atoms with van der Waals surface area (Å²) >= 11 is 0. The van der Waals surface area contributed by atoms with Gasteiger partial charge in [-0.05, 0) is 64.9 Å². The summed E-state index contributed by atoms with van der Waals surface area (Å²) in [6, 6.07) is 22.4. The van der Waals surface area contributed by atoms with E-state index in [4.69, 9.17) is 0 Å². The van der Waals surface area contributed by atoms with Gasteiger partial charge in [0.2, 0.25) is 0 Å². The number of nitrogens with one attached hydrogen (secondary N) is 2. The molecule has 0 radical (unpaired) electrons. The normalized spacial score (nSPS) is 11.3. The van der Waals surface area contributed by atoms with E-state index in [1.165, 1.54) is 11.1 Å². The second-order valence-electron chi connectivity index (χ2n) is 9.09. The summed E-state index contributed by atoms with van der Waals surface area (Å²) in [7, 11) is 0. The number of benzene rings is 3. The van der Waals surface area contributed by atoms with Crippen LogP contribution in [-0.2, 0) is 5.41 Å². The molecular weight excluding hydrogens is 384 g/mol. The lowest BCUT2D eigenvalue weighted by molar-refractivity contribution is 0.101. The fourth-order valence-corrected chi connectivity index (χ4v) is 3.22. The van der Waals surface area contributed by atoms with Crippen LogP contribution in [0.5, 0.6) is 0 Å². The number of carbonyl (C=O) groups is 2. The molecule has 0 fully saturated rings. The van der Waals surface area contributed by atoms with Gasteiger partial charge in [-0.15, -0.1) is 0 Å². The van der Waals surface area contributed by atoms with Crippen LogP contribution in [0.3, 0.4) is 0 Å². The lowest BCUT2D eigenvalue weighted by Gasteiger charge is -2.19. The second kappa shape index (κ2) is 9.17. The van der Waals surface area contributed by atoms with Gasteiger partial charge in [0.25, 0.3) is 11.8 Å². The third-order valence-electron chi connectivity index (χ3n) is 5.23. The van der Waals surface area contributed by atoms with Crippen molar-refractivity contribution in [1.82, 2.24) is 0 Å². The molecule has 0 aliphatic carbocycles. The van der Waals surface area contributed by atoms with Crippen LogP contribution in [0.4, 0.5) is 11.4 Å². The Morgan fingerprint density at radius 1 is 0.710 bits per heavy atom. The van der Waals surface area contributed by atoms with E-state index < -0.39 is 0 Å². The topological polar surface area (TPSA) is 58.2 Å². The highest BCUT2D eigenvalue weighted by Crippen LogP contribution is 2.23. The smallest absolute Gasteiger partial charge is 0.255 e. The van der Waals surface area contributed by atoms with Crippen LogP contribution < -0.4 is 10.6 Å². The fourth-order valence-electron chi connectivity index (χ4n) is 3.22. The molecule has 31 heavy (non-hydrogen) atoms. The summed E-state index contributed by atoms with van der Waals surface area (Å²) in [5.41, 5.74) is 4.84. The summed E-state index contributed by atoms with van der Waals surface area (Å²) in [4.78, 5) is 25.2. The van der Waals surface area contributed by atoms with Crippen LogP contribution in [0.1, 0.15) is 72.4 Å². The molecule has 2 amide bonds. The van der Waals surface area contributed by atoms with Crippen LogP contribution in [0.25, 0.3) is 0 Å². The number of hydrogen-bond acceptors (Lipinski definition) is 2. The average Bonchev–Trinajstić information content (AvgIpc) is 2.73. The fraction of sp³-hybridized carbons (Fsp3) is 0.259. The second-order valence-corrected chi connectivity index (χ2v) is 9.09. The first kappa shape index (κ1) is 22.3. The van der Waals surface area contributed by atoms with Crippen LogP contribution >= 0.6 is 0 Å². The van der Waals surface area contributed by atoms with Crippen LogP contribution in [0.15, 0.2) is 72.8 Å². The SMILES string of the molecule is CC(C)c1ccc(C(=O)Nc2cccc(NC(=O)c3ccc(C(C)(C)C)cc3)c2)cc1. The minimum Gasteiger partial charge on any atom is -0.322 e. The summed E-state index contributed by atoms with van der Waals surface area (Å²) < 4.78 is 0. The summed E-state index contributed by atoms with van der Waals surface area (Å²) in [6.07, 6.45) is 0. The first-order valence-electron chi connectivity index (χ1n) is 10.6. The zero-order chi connectivity index (χ0) is 22.6. The van der Waals surface area contributed by atoms with Gasteiger partial charge < -0.3 is 10.6 Å². The van der Waals surface area contributed by atoms with Gasteiger partial charge in [0.15, 0.2) is 0 Å². The number of carbonyl (C=O) groups excluding carboxylic acids is 2. The van der Waals surface area contributed by atoms with Crippen molar-refractivity contribution in [2.24, 2.45) is 0 Å². The van der Waals surface area contributed by atoms with Gasteiger partial charge in [-0.2, -0.15) is 0 Å². The lowest BCUT2D eigenvalue weighted by atomic mass is 9.87. The first-order valence-corrected chi connectivity index (χ1v) is 10.6. The van der Waals surface area contributed by atoms with E-state index in [0.29, 0.717) is 28.4 Å². The summed E-state index contributed by atoms with van der Waals surface area (Å²) in [5.74, 6) is 0.0480. The van der Waals surface area contributed by atoms with Crippen LogP contribution in [-0.4, -0.2) is 11.8 Å². The van der Waals surface area contributed by atoms with Crippen molar-refractivity contribution in [3.05, 3.63) is 95.1 Å². The molecule has 3 rings (SSSR count). The third-order valence-corrected chi connectivity index (χ3v) is 5.23. The zero-order valence-electron chi connectivity index (χ0n) is 18.8. The quantitative estimate of drug-likeness (QED) is 0.493. The van der Waals surface area contributed by atoms with Crippen molar-refractivity contribution in [1.29, 1.82) is 0 Å². The lowest BCUT2D eigenvalue weighted by Crippen LogP contribution is -2.15. The number of rotatable bonds is 5. The molecule has 0 atom stereocenters. The van der Waals surface area contributed by atoms with E-state index in [1.807, 2.05) is 48.5 Å². The molecule has 0 saturated heterocycles. The summed E-state index contributed by atoms with van der Waals surface area (Å²) in [5, 5.41) is 5.79. The van der Waals surface area contributed by atoms with E-state index in [9.17, 15) is 9.59 Å². The molecular formula is C27H30N2O2. The van der Waals surface area contributed by atoms with Gasteiger partial charge in [0, 0.05) is 22.5 Å². The molecule has 4 nitrogen and oxygen atoms in total. The Morgan fingerprint density at radius 3 is 1.58 bits per heavy atom. The molecule has 0 saturated carbocycles. The minimum atomic E-state index is -0.187. The average molecular weight is 415 g/mol. The first-order chi connectivity index (χ1) is 14.6. The molecule has 0 heterocycles. The molecule has 0 unspecified atom stereocenters. The predicted molar refractivity (Wildman–Crippen MR) is 128 cm³/mol. The largest absolute Gasteiger partial charge is 0.322 e. The Bertz CT molecular complexity index is 1060. The molecule has 2 N–H and O–H groups in total. The van der Waals surface area contributed by atoms with Crippen LogP contribution in [0, 0.1) is 0 Å². The standard InChI is InChI=1S/C27H30N2O2/c1-18(2)19-9-11-20(12-10-19)25(30)28-23-7-6-8-24(17-23)29-26(31)21-13-15-22(16-14-21)27(3,4)5/h6-18H,1-5H3,(H,28,30)(H,29,31). The van der Waals surface area contributed by atoms with Gasteiger partial charge >= 0.3 is 0 Å². The van der Waals surface area contributed by atoms with E-state index in [0.717, 1.165) is 0 Å². The molecule has 0 spiro atoms. The van der Waals surface area contributed by atoms with Crippen molar-refractivity contribution in [3.8, 4) is 0 Å². The van der Waals surface area contributed by atoms with Crippen molar-refractivity contribution < 1.29 is 9.59 Å². The van der Waals surface area contributed by atoms with Gasteiger partial charge in [0.05, 0.1) is 0 Å². The summed E-state index contributed by atoms with van der Waals surface area (Å²) in [6.45, 7) is 10.7. The maximum atomic E-state index is 12.6. The van der Waals surface area contributed by atoms with E-state index in [1.54, 1.807) is 24.3 Å². The molecule has 0 aliphatic heterocycles. The Balaban J connectivity index is 1.67. The molecule has 160 valence electrons. The van der Waals surface area contributed by atoms with Crippen molar-refractivity contribution in [3.63, 3.8) is 0 Å². The van der Waals surface area contributed by atoms with E-state index >= 15 is 0 Å². The highest BCUT2D eigenvalue weighted by molar-refractivity contribution is 6.06. The predicted octanol–water partition coefficient (Wildman–Crippen LogP) is 6.61.